The Morgan fingerprint density at radius 2 is 2.06 bits per heavy atom. The van der Waals surface area contributed by atoms with Crippen LogP contribution in [0.5, 0.6) is 5.75 Å². The summed E-state index contributed by atoms with van der Waals surface area (Å²) in [7, 11) is 3.48. The number of benzene rings is 1. The highest BCUT2D eigenvalue weighted by atomic mass is 16.5. The Bertz CT molecular complexity index is 992. The first-order valence-corrected chi connectivity index (χ1v) is 11.2. The molecule has 1 aromatic heterocycles. The number of anilines is 1. The van der Waals surface area contributed by atoms with E-state index in [0.717, 1.165) is 60.0 Å². The van der Waals surface area contributed by atoms with Crippen LogP contribution in [0.25, 0.3) is 0 Å². The van der Waals surface area contributed by atoms with Gasteiger partial charge >= 0.3 is 0 Å². The fourth-order valence-electron chi connectivity index (χ4n) is 4.57. The molecule has 0 aliphatic carbocycles. The first-order valence-electron chi connectivity index (χ1n) is 11.2. The van der Waals surface area contributed by atoms with Crippen molar-refractivity contribution in [2.24, 2.45) is 0 Å². The van der Waals surface area contributed by atoms with Gasteiger partial charge in [-0.3, -0.25) is 9.59 Å². The molecule has 170 valence electrons. The van der Waals surface area contributed by atoms with E-state index in [9.17, 15) is 9.59 Å². The van der Waals surface area contributed by atoms with Crippen molar-refractivity contribution >= 4 is 17.6 Å². The highest BCUT2D eigenvalue weighted by molar-refractivity contribution is 5.79. The molecule has 2 aliphatic rings. The van der Waals surface area contributed by atoms with Gasteiger partial charge in [0.25, 0.3) is 0 Å². The summed E-state index contributed by atoms with van der Waals surface area (Å²) in [6.45, 7) is 4.20. The molecule has 0 radical (unpaired) electrons. The third kappa shape index (κ3) is 4.69. The molecule has 0 saturated carbocycles. The first-order chi connectivity index (χ1) is 15.5. The highest BCUT2D eigenvalue weighted by Crippen LogP contribution is 2.30. The van der Waals surface area contributed by atoms with Crippen LogP contribution in [-0.4, -0.2) is 65.4 Å². The molecule has 1 atom stereocenters. The van der Waals surface area contributed by atoms with Crippen LogP contribution in [-0.2, 0) is 29.0 Å². The molecule has 0 spiro atoms. The third-order valence-corrected chi connectivity index (χ3v) is 6.39. The smallest absolute Gasteiger partial charge is 0.227 e. The summed E-state index contributed by atoms with van der Waals surface area (Å²) in [4.78, 5) is 38.3. The molecule has 32 heavy (non-hydrogen) atoms. The molecule has 2 aromatic rings. The van der Waals surface area contributed by atoms with Gasteiger partial charge in [-0.15, -0.1) is 0 Å². The predicted octanol–water partition coefficient (Wildman–Crippen LogP) is 2.38. The fraction of sp³-hybridized carbons (Fsp3) is 0.500. The topological polar surface area (TPSA) is 87.7 Å². The standard InChI is InChI=1S/C24H31N5O3/c1-16(30)28-11-9-21-20(15-28)24(25-2)27-23(26-21)18-7-5-10-29(14-18)22(31)13-17-6-4-8-19(12-17)32-3/h4,6,8,12,18H,5,7,9-11,13-15H2,1-3H3,(H,25,26,27)/t18-/m1/s1. The quantitative estimate of drug-likeness (QED) is 0.773. The van der Waals surface area contributed by atoms with Crippen LogP contribution in [0.1, 0.15) is 48.3 Å². The van der Waals surface area contributed by atoms with E-state index < -0.39 is 0 Å². The normalized spacial score (nSPS) is 18.2. The minimum absolute atomic E-state index is 0.0688. The van der Waals surface area contributed by atoms with E-state index in [1.165, 1.54) is 0 Å². The Morgan fingerprint density at radius 3 is 2.81 bits per heavy atom. The average molecular weight is 438 g/mol. The van der Waals surface area contributed by atoms with Crippen LogP contribution in [0.3, 0.4) is 0 Å². The van der Waals surface area contributed by atoms with Gasteiger partial charge in [0.1, 0.15) is 17.4 Å². The average Bonchev–Trinajstić information content (AvgIpc) is 2.83. The summed E-state index contributed by atoms with van der Waals surface area (Å²) in [5, 5.41) is 3.19. The zero-order valence-electron chi connectivity index (χ0n) is 19.1. The van der Waals surface area contributed by atoms with E-state index in [2.05, 4.69) is 5.32 Å². The fourth-order valence-corrected chi connectivity index (χ4v) is 4.57. The number of aromatic nitrogens is 2. The molecular weight excluding hydrogens is 406 g/mol. The van der Waals surface area contributed by atoms with Gasteiger partial charge in [-0.05, 0) is 30.5 Å². The van der Waals surface area contributed by atoms with Gasteiger partial charge in [0.2, 0.25) is 11.8 Å². The number of nitrogens with one attached hydrogen (secondary N) is 1. The second-order valence-electron chi connectivity index (χ2n) is 8.50. The van der Waals surface area contributed by atoms with Gasteiger partial charge < -0.3 is 19.9 Å². The number of carbonyl (C=O) groups excluding carboxylic acids is 2. The number of methoxy groups -OCH3 is 1. The van der Waals surface area contributed by atoms with Crippen molar-refractivity contribution in [2.75, 3.05) is 39.1 Å². The summed E-state index contributed by atoms with van der Waals surface area (Å²) in [5.74, 6) is 2.64. The van der Waals surface area contributed by atoms with Gasteiger partial charge in [-0.1, -0.05) is 12.1 Å². The van der Waals surface area contributed by atoms with Crippen molar-refractivity contribution in [3.05, 3.63) is 46.9 Å². The number of rotatable bonds is 5. The lowest BCUT2D eigenvalue weighted by Gasteiger charge is -2.33. The van der Waals surface area contributed by atoms with E-state index in [0.29, 0.717) is 26.1 Å². The molecule has 1 fully saturated rings. The van der Waals surface area contributed by atoms with E-state index >= 15 is 0 Å². The summed E-state index contributed by atoms with van der Waals surface area (Å²) in [6, 6.07) is 7.66. The number of carbonyl (C=O) groups is 2. The molecule has 0 bridgehead atoms. The van der Waals surface area contributed by atoms with Crippen LogP contribution in [0.4, 0.5) is 5.82 Å². The van der Waals surface area contributed by atoms with Crippen LogP contribution in [0.2, 0.25) is 0 Å². The lowest BCUT2D eigenvalue weighted by Crippen LogP contribution is -2.41. The van der Waals surface area contributed by atoms with Crippen molar-refractivity contribution < 1.29 is 14.3 Å². The number of likely N-dealkylation sites (tertiary alicyclic amines) is 1. The first kappa shape index (κ1) is 22.0. The summed E-state index contributed by atoms with van der Waals surface area (Å²) in [5.41, 5.74) is 2.96. The molecule has 0 unspecified atom stereocenters. The van der Waals surface area contributed by atoms with Crippen molar-refractivity contribution in [1.29, 1.82) is 0 Å². The number of hydrogen-bond acceptors (Lipinski definition) is 6. The minimum Gasteiger partial charge on any atom is -0.497 e. The lowest BCUT2D eigenvalue weighted by atomic mass is 9.95. The molecule has 4 rings (SSSR count). The molecule has 1 aromatic carbocycles. The van der Waals surface area contributed by atoms with Gasteiger partial charge in [0, 0.05) is 51.5 Å². The number of hydrogen-bond donors (Lipinski definition) is 1. The highest BCUT2D eigenvalue weighted by Gasteiger charge is 2.29. The van der Waals surface area contributed by atoms with E-state index in [1.807, 2.05) is 41.1 Å². The molecule has 8 nitrogen and oxygen atoms in total. The second-order valence-corrected chi connectivity index (χ2v) is 8.50. The Kier molecular flexibility index (Phi) is 6.58. The van der Waals surface area contributed by atoms with Crippen molar-refractivity contribution in [3.8, 4) is 5.75 Å². The number of nitrogens with zero attached hydrogens (tertiary/aromatic N) is 4. The SMILES string of the molecule is CNc1nc([C@@H]2CCCN(C(=O)Cc3cccc(OC)c3)C2)nc2c1CN(C(C)=O)CC2. The van der Waals surface area contributed by atoms with Crippen LogP contribution in [0.15, 0.2) is 24.3 Å². The maximum Gasteiger partial charge on any atom is 0.227 e. The van der Waals surface area contributed by atoms with Gasteiger partial charge in [-0.25, -0.2) is 9.97 Å². The van der Waals surface area contributed by atoms with E-state index in [4.69, 9.17) is 14.7 Å². The van der Waals surface area contributed by atoms with Crippen LogP contribution < -0.4 is 10.1 Å². The Morgan fingerprint density at radius 1 is 1.22 bits per heavy atom. The number of fused-ring (bicyclic) bond motifs is 1. The lowest BCUT2D eigenvalue weighted by molar-refractivity contribution is -0.131. The van der Waals surface area contributed by atoms with E-state index in [-0.39, 0.29) is 17.7 Å². The number of piperidine rings is 1. The zero-order valence-corrected chi connectivity index (χ0v) is 19.1. The summed E-state index contributed by atoms with van der Waals surface area (Å²) >= 11 is 0. The largest absolute Gasteiger partial charge is 0.497 e. The zero-order chi connectivity index (χ0) is 22.7. The maximum absolute atomic E-state index is 13.0. The van der Waals surface area contributed by atoms with Crippen LogP contribution >= 0.6 is 0 Å². The Balaban J connectivity index is 1.49. The van der Waals surface area contributed by atoms with Gasteiger partial charge in [0.15, 0.2) is 0 Å². The summed E-state index contributed by atoms with van der Waals surface area (Å²) < 4.78 is 5.27. The summed E-state index contributed by atoms with van der Waals surface area (Å²) in [6.07, 6.45) is 2.98. The third-order valence-electron chi connectivity index (χ3n) is 6.39. The minimum atomic E-state index is 0.0688. The van der Waals surface area contributed by atoms with E-state index in [1.54, 1.807) is 14.0 Å². The predicted molar refractivity (Wildman–Crippen MR) is 122 cm³/mol. The number of amides is 2. The van der Waals surface area contributed by atoms with Crippen molar-refractivity contribution in [2.45, 2.75) is 45.1 Å². The molecule has 1 saturated heterocycles. The molecule has 2 aliphatic heterocycles. The molecule has 8 heteroatoms. The van der Waals surface area contributed by atoms with Crippen molar-refractivity contribution in [1.82, 2.24) is 19.8 Å². The molecule has 3 heterocycles. The Hall–Kier alpha value is -3.16. The van der Waals surface area contributed by atoms with Gasteiger partial charge in [-0.2, -0.15) is 0 Å². The Labute approximate surface area is 189 Å². The number of ether oxygens (including phenoxy) is 1. The van der Waals surface area contributed by atoms with Crippen molar-refractivity contribution in [3.63, 3.8) is 0 Å². The second kappa shape index (κ2) is 9.54. The monoisotopic (exact) mass is 437 g/mol. The maximum atomic E-state index is 13.0. The van der Waals surface area contributed by atoms with Gasteiger partial charge in [0.05, 0.1) is 25.8 Å². The molecular formula is C24H31N5O3. The van der Waals surface area contributed by atoms with Crippen LogP contribution in [0, 0.1) is 0 Å². The molecule has 2 amide bonds. The molecule has 1 N–H and O–H groups in total.